The van der Waals surface area contributed by atoms with Gasteiger partial charge in [-0.3, -0.25) is 0 Å². The summed E-state index contributed by atoms with van der Waals surface area (Å²) in [5.41, 5.74) is 1.11. The summed E-state index contributed by atoms with van der Waals surface area (Å²) < 4.78 is 2.07. The molecule has 0 saturated carbocycles. The van der Waals surface area contributed by atoms with Crippen LogP contribution in [0.2, 0.25) is 0 Å². The van der Waals surface area contributed by atoms with Gasteiger partial charge in [0.2, 0.25) is 5.95 Å². The average Bonchev–Trinajstić information content (AvgIpc) is 2.96. The zero-order valence-corrected chi connectivity index (χ0v) is 11.7. The van der Waals surface area contributed by atoms with Crippen molar-refractivity contribution < 1.29 is 0 Å². The summed E-state index contributed by atoms with van der Waals surface area (Å²) in [5.74, 6) is 1.73. The van der Waals surface area contributed by atoms with Gasteiger partial charge < -0.3 is 14.8 Å². The molecule has 1 aliphatic rings. The molecule has 7 nitrogen and oxygen atoms in total. The molecule has 2 aromatic rings. The standard InChI is InChI=1S/C13H19N7/c1-2-3-14-6-11-7-15-13(16-8-11)19-4-5-20-10-17-18-12(20)9-19/h7-8,10,14H,2-6,9H2,1H3. The van der Waals surface area contributed by atoms with Crippen molar-refractivity contribution in [3.05, 3.63) is 30.1 Å². The van der Waals surface area contributed by atoms with E-state index in [0.717, 1.165) is 49.9 Å². The molecule has 7 heteroatoms. The second-order valence-electron chi connectivity index (χ2n) is 4.93. The maximum Gasteiger partial charge on any atom is 0.225 e. The predicted octanol–water partition coefficient (Wildman–Crippen LogP) is 0.588. The van der Waals surface area contributed by atoms with E-state index in [1.165, 1.54) is 0 Å². The molecule has 0 radical (unpaired) electrons. The molecule has 0 saturated heterocycles. The highest BCUT2D eigenvalue weighted by Crippen LogP contribution is 2.15. The Morgan fingerprint density at radius 3 is 2.90 bits per heavy atom. The first-order chi connectivity index (χ1) is 9.86. The van der Waals surface area contributed by atoms with Gasteiger partial charge in [0.15, 0.2) is 5.82 Å². The van der Waals surface area contributed by atoms with E-state index in [0.29, 0.717) is 6.54 Å². The van der Waals surface area contributed by atoms with Gasteiger partial charge in [-0.15, -0.1) is 10.2 Å². The lowest BCUT2D eigenvalue weighted by Gasteiger charge is -2.26. The first-order valence-corrected chi connectivity index (χ1v) is 7.00. The fourth-order valence-electron chi connectivity index (χ4n) is 2.25. The first-order valence-electron chi connectivity index (χ1n) is 7.00. The molecule has 0 aliphatic carbocycles. The molecule has 2 aromatic heterocycles. The van der Waals surface area contributed by atoms with Crippen LogP contribution < -0.4 is 10.2 Å². The van der Waals surface area contributed by atoms with E-state index in [9.17, 15) is 0 Å². The van der Waals surface area contributed by atoms with Crippen molar-refractivity contribution in [3.63, 3.8) is 0 Å². The second kappa shape index (κ2) is 5.96. The van der Waals surface area contributed by atoms with Crippen molar-refractivity contribution in [2.45, 2.75) is 33.0 Å². The number of anilines is 1. The van der Waals surface area contributed by atoms with Crippen molar-refractivity contribution >= 4 is 5.95 Å². The monoisotopic (exact) mass is 273 g/mol. The third-order valence-corrected chi connectivity index (χ3v) is 3.37. The Morgan fingerprint density at radius 2 is 2.10 bits per heavy atom. The third kappa shape index (κ3) is 2.77. The van der Waals surface area contributed by atoms with Crippen molar-refractivity contribution in [3.8, 4) is 0 Å². The van der Waals surface area contributed by atoms with Crippen molar-refractivity contribution in [2.24, 2.45) is 0 Å². The molecular formula is C13H19N7. The average molecular weight is 273 g/mol. The van der Waals surface area contributed by atoms with Crippen molar-refractivity contribution in [2.75, 3.05) is 18.0 Å². The molecule has 3 rings (SSSR count). The number of fused-ring (bicyclic) bond motifs is 1. The quantitative estimate of drug-likeness (QED) is 0.804. The van der Waals surface area contributed by atoms with Crippen LogP contribution in [0.15, 0.2) is 18.7 Å². The number of hydrogen-bond acceptors (Lipinski definition) is 6. The van der Waals surface area contributed by atoms with Crippen LogP contribution in [-0.4, -0.2) is 37.8 Å². The van der Waals surface area contributed by atoms with Gasteiger partial charge in [-0.25, -0.2) is 9.97 Å². The van der Waals surface area contributed by atoms with Crippen LogP contribution in [0.5, 0.6) is 0 Å². The number of nitrogens with one attached hydrogen (secondary N) is 1. The van der Waals surface area contributed by atoms with Crippen molar-refractivity contribution in [1.29, 1.82) is 0 Å². The minimum atomic E-state index is 0.716. The number of aromatic nitrogens is 5. The SMILES string of the molecule is CCCNCc1cnc(N2CCn3cnnc3C2)nc1. The van der Waals surface area contributed by atoms with Crippen LogP contribution in [0.25, 0.3) is 0 Å². The summed E-state index contributed by atoms with van der Waals surface area (Å²) in [4.78, 5) is 11.0. The van der Waals surface area contributed by atoms with Crippen LogP contribution >= 0.6 is 0 Å². The molecule has 1 N–H and O–H groups in total. The molecule has 0 bridgehead atoms. The van der Waals surface area contributed by atoms with Crippen LogP contribution in [0.1, 0.15) is 24.7 Å². The van der Waals surface area contributed by atoms with E-state index in [1.807, 2.05) is 12.4 Å². The largest absolute Gasteiger partial charge is 0.331 e. The van der Waals surface area contributed by atoms with E-state index < -0.39 is 0 Å². The first kappa shape index (κ1) is 13.0. The Hall–Kier alpha value is -2.02. The fraction of sp³-hybridized carbons (Fsp3) is 0.538. The molecule has 0 spiro atoms. The number of rotatable bonds is 5. The van der Waals surface area contributed by atoms with Gasteiger partial charge in [0.25, 0.3) is 0 Å². The van der Waals surface area contributed by atoms with E-state index in [2.05, 4.69) is 41.9 Å². The number of hydrogen-bond donors (Lipinski definition) is 1. The van der Waals surface area contributed by atoms with Crippen LogP contribution in [0.3, 0.4) is 0 Å². The zero-order chi connectivity index (χ0) is 13.8. The minimum Gasteiger partial charge on any atom is -0.331 e. The molecule has 3 heterocycles. The lowest BCUT2D eigenvalue weighted by molar-refractivity contribution is 0.551. The molecule has 0 atom stereocenters. The summed E-state index contributed by atoms with van der Waals surface area (Å²) in [6.45, 7) is 6.48. The van der Waals surface area contributed by atoms with Gasteiger partial charge in [0.05, 0.1) is 6.54 Å². The summed E-state index contributed by atoms with van der Waals surface area (Å²) >= 11 is 0. The number of nitrogens with zero attached hydrogens (tertiary/aromatic N) is 6. The smallest absolute Gasteiger partial charge is 0.225 e. The Kier molecular flexibility index (Phi) is 3.87. The van der Waals surface area contributed by atoms with Crippen molar-refractivity contribution in [1.82, 2.24) is 30.0 Å². The third-order valence-electron chi connectivity index (χ3n) is 3.37. The van der Waals surface area contributed by atoms with Gasteiger partial charge in [0.1, 0.15) is 6.33 Å². The highest BCUT2D eigenvalue weighted by molar-refractivity contribution is 5.31. The van der Waals surface area contributed by atoms with E-state index in [4.69, 9.17) is 0 Å². The summed E-state index contributed by atoms with van der Waals surface area (Å²) in [6, 6.07) is 0. The van der Waals surface area contributed by atoms with Crippen LogP contribution in [0.4, 0.5) is 5.95 Å². The lowest BCUT2D eigenvalue weighted by Crippen LogP contribution is -2.34. The van der Waals surface area contributed by atoms with E-state index in [1.54, 1.807) is 6.33 Å². The maximum atomic E-state index is 4.46. The summed E-state index contributed by atoms with van der Waals surface area (Å²) in [7, 11) is 0. The van der Waals surface area contributed by atoms with E-state index in [-0.39, 0.29) is 0 Å². The van der Waals surface area contributed by atoms with Gasteiger partial charge in [0, 0.05) is 37.6 Å². The topological polar surface area (TPSA) is 71.8 Å². The highest BCUT2D eigenvalue weighted by atomic mass is 15.3. The Labute approximate surface area is 118 Å². The fourth-order valence-corrected chi connectivity index (χ4v) is 2.25. The normalized spacial score (nSPS) is 14.3. The molecule has 0 amide bonds. The predicted molar refractivity (Wildman–Crippen MR) is 75.1 cm³/mol. The molecule has 0 unspecified atom stereocenters. The lowest BCUT2D eigenvalue weighted by atomic mass is 10.3. The maximum absolute atomic E-state index is 4.46. The summed E-state index contributed by atoms with van der Waals surface area (Å²) in [5, 5.41) is 11.4. The molecule has 1 aliphatic heterocycles. The van der Waals surface area contributed by atoms with E-state index >= 15 is 0 Å². The van der Waals surface area contributed by atoms with Gasteiger partial charge in [-0.05, 0) is 13.0 Å². The highest BCUT2D eigenvalue weighted by Gasteiger charge is 2.19. The van der Waals surface area contributed by atoms with Gasteiger partial charge in [-0.1, -0.05) is 6.92 Å². The molecule has 0 fully saturated rings. The molecule has 106 valence electrons. The molecular weight excluding hydrogens is 254 g/mol. The molecule has 0 aromatic carbocycles. The minimum absolute atomic E-state index is 0.716. The Morgan fingerprint density at radius 1 is 1.25 bits per heavy atom. The zero-order valence-electron chi connectivity index (χ0n) is 11.7. The molecule has 20 heavy (non-hydrogen) atoms. The Balaban J connectivity index is 1.63. The second-order valence-corrected chi connectivity index (χ2v) is 4.93. The summed E-state index contributed by atoms with van der Waals surface area (Å²) in [6.07, 6.45) is 6.69. The van der Waals surface area contributed by atoms with Gasteiger partial charge >= 0.3 is 0 Å². The Bertz CT molecular complexity index is 548. The van der Waals surface area contributed by atoms with Crippen LogP contribution in [-0.2, 0) is 19.6 Å². The van der Waals surface area contributed by atoms with Gasteiger partial charge in [-0.2, -0.15) is 0 Å². The van der Waals surface area contributed by atoms with Crippen LogP contribution in [0, 0.1) is 0 Å².